The van der Waals surface area contributed by atoms with Crippen LogP contribution in [0.4, 0.5) is 0 Å². The first-order valence-corrected chi connectivity index (χ1v) is 6.77. The number of rotatable bonds is 3. The molecule has 2 rings (SSSR count). The van der Waals surface area contributed by atoms with Crippen LogP contribution < -0.4 is 10.5 Å². The van der Waals surface area contributed by atoms with Crippen molar-refractivity contribution in [3.8, 4) is 5.75 Å². The van der Waals surface area contributed by atoms with Gasteiger partial charge in [0.15, 0.2) is 0 Å². The third kappa shape index (κ3) is 2.31. The molecule has 1 atom stereocenters. The summed E-state index contributed by atoms with van der Waals surface area (Å²) < 4.78 is 7.25. The molecular weight excluding hydrogens is 250 g/mol. The summed E-state index contributed by atoms with van der Waals surface area (Å²) in [6.07, 6.45) is 0. The lowest BCUT2D eigenvalue weighted by atomic mass is 9.92. The third-order valence-electron chi connectivity index (χ3n) is 3.99. The van der Waals surface area contributed by atoms with Crippen molar-refractivity contribution >= 4 is 0 Å². The Labute approximate surface area is 120 Å². The van der Waals surface area contributed by atoms with E-state index < -0.39 is 0 Å². The summed E-state index contributed by atoms with van der Waals surface area (Å²) in [7, 11) is 3.64. The quantitative estimate of drug-likeness (QED) is 0.935. The van der Waals surface area contributed by atoms with Crippen LogP contribution in [-0.4, -0.2) is 16.9 Å². The van der Waals surface area contributed by atoms with Crippen molar-refractivity contribution in [1.82, 2.24) is 9.78 Å². The second-order valence-corrected chi connectivity index (χ2v) is 5.36. The molecule has 4 heteroatoms. The van der Waals surface area contributed by atoms with Crippen LogP contribution in [0, 0.1) is 27.7 Å². The average molecular weight is 273 g/mol. The fourth-order valence-corrected chi connectivity index (χ4v) is 2.76. The molecule has 4 nitrogen and oxygen atoms in total. The second-order valence-electron chi connectivity index (χ2n) is 5.36. The minimum Gasteiger partial charge on any atom is -0.496 e. The number of methoxy groups -OCH3 is 1. The van der Waals surface area contributed by atoms with Gasteiger partial charge in [-0.05, 0) is 50.5 Å². The van der Waals surface area contributed by atoms with Crippen LogP contribution in [0.15, 0.2) is 12.1 Å². The Balaban J connectivity index is 2.53. The lowest BCUT2D eigenvalue weighted by molar-refractivity contribution is 0.411. The number of aryl methyl sites for hydroxylation is 4. The molecule has 2 N–H and O–H groups in total. The molecular formula is C16H23N3O. The van der Waals surface area contributed by atoms with Gasteiger partial charge in [-0.1, -0.05) is 6.07 Å². The van der Waals surface area contributed by atoms with Crippen molar-refractivity contribution in [2.45, 2.75) is 33.7 Å². The van der Waals surface area contributed by atoms with E-state index in [1.807, 2.05) is 31.6 Å². The van der Waals surface area contributed by atoms with Gasteiger partial charge in [0, 0.05) is 18.3 Å². The van der Waals surface area contributed by atoms with Crippen LogP contribution >= 0.6 is 0 Å². The Morgan fingerprint density at radius 1 is 1.15 bits per heavy atom. The highest BCUT2D eigenvalue weighted by atomic mass is 16.5. The van der Waals surface area contributed by atoms with E-state index in [0.29, 0.717) is 0 Å². The van der Waals surface area contributed by atoms with Crippen molar-refractivity contribution in [3.05, 3.63) is 45.8 Å². The van der Waals surface area contributed by atoms with Gasteiger partial charge in [0.1, 0.15) is 5.75 Å². The van der Waals surface area contributed by atoms with Crippen LogP contribution in [0.2, 0.25) is 0 Å². The molecule has 0 aliphatic carbocycles. The second kappa shape index (κ2) is 5.29. The zero-order valence-corrected chi connectivity index (χ0v) is 13.1. The van der Waals surface area contributed by atoms with Gasteiger partial charge < -0.3 is 10.5 Å². The van der Waals surface area contributed by atoms with Crippen molar-refractivity contribution < 1.29 is 4.74 Å². The molecule has 0 saturated carbocycles. The fraction of sp³-hybridized carbons (Fsp3) is 0.438. The zero-order chi connectivity index (χ0) is 15.0. The Kier molecular flexibility index (Phi) is 3.86. The molecule has 108 valence electrons. The fourth-order valence-electron chi connectivity index (χ4n) is 2.76. The maximum absolute atomic E-state index is 6.50. The largest absolute Gasteiger partial charge is 0.496 e. The molecule has 1 aromatic carbocycles. The molecule has 1 aromatic heterocycles. The Morgan fingerprint density at radius 3 is 2.30 bits per heavy atom. The molecule has 0 amide bonds. The molecule has 0 aliphatic heterocycles. The van der Waals surface area contributed by atoms with E-state index in [4.69, 9.17) is 10.5 Å². The summed E-state index contributed by atoms with van der Waals surface area (Å²) in [6.45, 7) is 8.17. The van der Waals surface area contributed by atoms with Gasteiger partial charge in [-0.3, -0.25) is 4.68 Å². The number of aromatic nitrogens is 2. The third-order valence-corrected chi connectivity index (χ3v) is 3.99. The summed E-state index contributed by atoms with van der Waals surface area (Å²) in [6, 6.07) is 4.00. The molecule has 0 bridgehead atoms. The summed E-state index contributed by atoms with van der Waals surface area (Å²) in [4.78, 5) is 0. The van der Waals surface area contributed by atoms with Crippen LogP contribution in [0.3, 0.4) is 0 Å². The van der Waals surface area contributed by atoms with Crippen molar-refractivity contribution in [3.63, 3.8) is 0 Å². The molecule has 0 fully saturated rings. The monoisotopic (exact) mass is 273 g/mol. The lowest BCUT2D eigenvalue weighted by Gasteiger charge is -2.18. The topological polar surface area (TPSA) is 53.1 Å². The first-order chi connectivity index (χ1) is 9.36. The van der Waals surface area contributed by atoms with Gasteiger partial charge in [0.2, 0.25) is 0 Å². The summed E-state index contributed by atoms with van der Waals surface area (Å²) in [5.74, 6) is 0.901. The maximum Gasteiger partial charge on any atom is 0.122 e. The summed E-state index contributed by atoms with van der Waals surface area (Å²) >= 11 is 0. The minimum absolute atomic E-state index is 0.159. The normalized spacial score (nSPS) is 12.6. The number of ether oxygens (including phenoxy) is 1. The van der Waals surface area contributed by atoms with Gasteiger partial charge in [-0.25, -0.2) is 0 Å². The first kappa shape index (κ1) is 14.6. The lowest BCUT2D eigenvalue weighted by Crippen LogP contribution is -2.15. The molecule has 0 spiro atoms. The van der Waals surface area contributed by atoms with E-state index >= 15 is 0 Å². The average Bonchev–Trinajstić information content (AvgIpc) is 2.65. The number of nitrogens with two attached hydrogens (primary N) is 1. The summed E-state index contributed by atoms with van der Waals surface area (Å²) in [5.41, 5.74) is 13.1. The molecule has 1 heterocycles. The van der Waals surface area contributed by atoms with Crippen LogP contribution in [0.25, 0.3) is 0 Å². The van der Waals surface area contributed by atoms with Crippen molar-refractivity contribution in [2.24, 2.45) is 12.8 Å². The van der Waals surface area contributed by atoms with Gasteiger partial charge in [0.25, 0.3) is 0 Å². The van der Waals surface area contributed by atoms with Gasteiger partial charge in [-0.15, -0.1) is 0 Å². The minimum atomic E-state index is -0.159. The molecule has 2 aromatic rings. The van der Waals surface area contributed by atoms with Gasteiger partial charge in [-0.2, -0.15) is 5.10 Å². The smallest absolute Gasteiger partial charge is 0.122 e. The van der Waals surface area contributed by atoms with Gasteiger partial charge in [0.05, 0.1) is 18.8 Å². The molecule has 0 saturated heterocycles. The predicted molar refractivity (Wildman–Crippen MR) is 81.2 cm³/mol. The first-order valence-electron chi connectivity index (χ1n) is 6.77. The molecule has 1 unspecified atom stereocenters. The van der Waals surface area contributed by atoms with E-state index in [1.165, 1.54) is 0 Å². The molecule has 0 aliphatic rings. The highest BCUT2D eigenvalue weighted by Crippen LogP contribution is 2.31. The van der Waals surface area contributed by atoms with E-state index in [-0.39, 0.29) is 6.04 Å². The highest BCUT2D eigenvalue weighted by molar-refractivity contribution is 5.47. The molecule has 0 radical (unpaired) electrons. The Morgan fingerprint density at radius 2 is 1.80 bits per heavy atom. The van der Waals surface area contributed by atoms with Gasteiger partial charge >= 0.3 is 0 Å². The Bertz CT molecular complexity index is 644. The SMILES string of the molecule is COc1cc(C)c(C(N)c2c(C)nn(C)c2C)cc1C. The van der Waals surface area contributed by atoms with Crippen LogP contribution in [0.1, 0.15) is 39.7 Å². The molecule has 20 heavy (non-hydrogen) atoms. The van der Waals surface area contributed by atoms with E-state index in [9.17, 15) is 0 Å². The predicted octanol–water partition coefficient (Wildman–Crippen LogP) is 2.71. The number of nitrogens with zero attached hydrogens (tertiary/aromatic N) is 2. The zero-order valence-electron chi connectivity index (χ0n) is 13.1. The maximum atomic E-state index is 6.50. The van der Waals surface area contributed by atoms with E-state index in [1.54, 1.807) is 7.11 Å². The number of hydrogen-bond donors (Lipinski definition) is 1. The van der Waals surface area contributed by atoms with Crippen LogP contribution in [-0.2, 0) is 7.05 Å². The standard InChI is InChI=1S/C16H23N3O/c1-9-8-14(20-6)10(2)7-13(9)16(17)15-11(3)18-19(5)12(15)4/h7-8,16H,17H2,1-6H3. The van der Waals surface area contributed by atoms with Crippen LogP contribution in [0.5, 0.6) is 5.75 Å². The van der Waals surface area contributed by atoms with Crippen molar-refractivity contribution in [2.75, 3.05) is 7.11 Å². The number of hydrogen-bond acceptors (Lipinski definition) is 3. The number of benzene rings is 1. The van der Waals surface area contributed by atoms with E-state index in [2.05, 4.69) is 25.0 Å². The highest BCUT2D eigenvalue weighted by Gasteiger charge is 2.20. The summed E-state index contributed by atoms with van der Waals surface area (Å²) in [5, 5.41) is 4.45. The van der Waals surface area contributed by atoms with Crippen molar-refractivity contribution in [1.29, 1.82) is 0 Å². The Hall–Kier alpha value is -1.81. The van der Waals surface area contributed by atoms with E-state index in [0.717, 1.165) is 39.4 Å².